The Bertz CT molecular complexity index is 320. The van der Waals surface area contributed by atoms with Crippen molar-refractivity contribution in [1.29, 1.82) is 0 Å². The summed E-state index contributed by atoms with van der Waals surface area (Å²) in [7, 11) is 3.25. The van der Waals surface area contributed by atoms with E-state index in [4.69, 9.17) is 5.11 Å². The fourth-order valence-electron chi connectivity index (χ4n) is 1.09. The van der Waals surface area contributed by atoms with E-state index >= 15 is 0 Å². The van der Waals surface area contributed by atoms with E-state index in [1.807, 2.05) is 0 Å². The summed E-state index contributed by atoms with van der Waals surface area (Å²) in [6.07, 6.45) is 0.375. The van der Waals surface area contributed by atoms with Crippen LogP contribution in [0.15, 0.2) is 0 Å². The predicted molar refractivity (Wildman–Crippen MR) is 69.9 cm³/mol. The lowest BCUT2D eigenvalue weighted by Gasteiger charge is -2.12. The number of carbonyl (C=O) groups is 3. The largest absolute Gasteiger partial charge is 0.481 e. The number of urea groups is 2. The minimum absolute atomic E-state index is 0.225. The van der Waals surface area contributed by atoms with Crippen molar-refractivity contribution in [1.82, 2.24) is 20.9 Å². The predicted octanol–water partition coefficient (Wildman–Crippen LogP) is -0.332. The van der Waals surface area contributed by atoms with E-state index in [0.717, 1.165) is 0 Å². The average molecular weight is 274 g/mol. The molecule has 0 aliphatic heterocycles. The minimum atomic E-state index is -0.881. The molecule has 8 heteroatoms. The van der Waals surface area contributed by atoms with E-state index in [1.165, 1.54) is 4.90 Å². The highest BCUT2D eigenvalue weighted by molar-refractivity contribution is 5.75. The van der Waals surface area contributed by atoms with E-state index in [-0.39, 0.29) is 12.1 Å². The molecule has 0 radical (unpaired) electrons. The standard InChI is InChI=1S/C11H22N4O4/c1-8(9(16)17)4-5-12-10(18)13-6-7-14-11(19)15(2)3/h8H,4-7H2,1-3H3,(H,14,19)(H,16,17)(H2,12,13,18). The van der Waals surface area contributed by atoms with E-state index < -0.39 is 11.9 Å². The highest BCUT2D eigenvalue weighted by Crippen LogP contribution is 1.99. The first kappa shape index (κ1) is 17.0. The van der Waals surface area contributed by atoms with Gasteiger partial charge in [0.15, 0.2) is 0 Å². The van der Waals surface area contributed by atoms with Gasteiger partial charge in [-0.3, -0.25) is 4.79 Å². The van der Waals surface area contributed by atoms with E-state index in [1.54, 1.807) is 21.0 Å². The normalized spacial score (nSPS) is 11.3. The molecule has 0 aromatic rings. The van der Waals surface area contributed by atoms with Gasteiger partial charge < -0.3 is 26.0 Å². The van der Waals surface area contributed by atoms with E-state index in [9.17, 15) is 14.4 Å². The molecular weight excluding hydrogens is 252 g/mol. The molecule has 0 saturated heterocycles. The number of rotatable bonds is 7. The van der Waals surface area contributed by atoms with Crippen molar-refractivity contribution in [2.24, 2.45) is 5.92 Å². The molecule has 19 heavy (non-hydrogen) atoms. The van der Waals surface area contributed by atoms with Gasteiger partial charge >= 0.3 is 18.0 Å². The van der Waals surface area contributed by atoms with Gasteiger partial charge in [0.05, 0.1) is 5.92 Å². The number of carbonyl (C=O) groups excluding carboxylic acids is 2. The van der Waals surface area contributed by atoms with Crippen molar-refractivity contribution in [2.75, 3.05) is 33.7 Å². The van der Waals surface area contributed by atoms with Gasteiger partial charge in [0.2, 0.25) is 0 Å². The Hall–Kier alpha value is -1.99. The van der Waals surface area contributed by atoms with Crippen molar-refractivity contribution in [3.05, 3.63) is 0 Å². The topological polar surface area (TPSA) is 111 Å². The fourth-order valence-corrected chi connectivity index (χ4v) is 1.09. The molecule has 0 aromatic carbocycles. The van der Waals surface area contributed by atoms with Crippen LogP contribution in [0.3, 0.4) is 0 Å². The van der Waals surface area contributed by atoms with Crippen LogP contribution in [0.25, 0.3) is 0 Å². The Balaban J connectivity index is 3.55. The number of aliphatic carboxylic acids is 1. The zero-order valence-corrected chi connectivity index (χ0v) is 11.5. The Morgan fingerprint density at radius 3 is 2.11 bits per heavy atom. The first-order chi connectivity index (χ1) is 8.84. The number of nitrogens with zero attached hydrogens (tertiary/aromatic N) is 1. The molecule has 110 valence electrons. The Morgan fingerprint density at radius 1 is 1.05 bits per heavy atom. The molecule has 4 amide bonds. The molecule has 0 aromatic heterocycles. The van der Waals surface area contributed by atoms with Crippen LogP contribution in [0.4, 0.5) is 9.59 Å². The fraction of sp³-hybridized carbons (Fsp3) is 0.727. The summed E-state index contributed by atoms with van der Waals surface area (Å²) in [6.45, 7) is 2.51. The molecule has 1 unspecified atom stereocenters. The van der Waals surface area contributed by atoms with Gasteiger partial charge in [-0.15, -0.1) is 0 Å². The molecule has 0 rings (SSSR count). The summed E-state index contributed by atoms with van der Waals surface area (Å²) in [5.41, 5.74) is 0. The Morgan fingerprint density at radius 2 is 1.58 bits per heavy atom. The second kappa shape index (κ2) is 9.01. The van der Waals surface area contributed by atoms with Crippen LogP contribution in [0, 0.1) is 5.92 Å². The smallest absolute Gasteiger partial charge is 0.316 e. The SMILES string of the molecule is CC(CCNC(=O)NCCNC(=O)N(C)C)C(=O)O. The van der Waals surface area contributed by atoms with Crippen molar-refractivity contribution in [3.63, 3.8) is 0 Å². The van der Waals surface area contributed by atoms with Crippen LogP contribution in [-0.2, 0) is 4.79 Å². The summed E-state index contributed by atoms with van der Waals surface area (Å²) in [5.74, 6) is -1.37. The lowest BCUT2D eigenvalue weighted by Crippen LogP contribution is -2.43. The number of hydrogen-bond donors (Lipinski definition) is 4. The van der Waals surface area contributed by atoms with Gasteiger partial charge in [0.25, 0.3) is 0 Å². The highest BCUT2D eigenvalue weighted by atomic mass is 16.4. The Kier molecular flexibility index (Phi) is 8.07. The summed E-state index contributed by atoms with van der Waals surface area (Å²) in [6, 6.07) is -0.603. The van der Waals surface area contributed by atoms with Gasteiger partial charge in [-0.1, -0.05) is 6.92 Å². The number of hydrogen-bond acceptors (Lipinski definition) is 3. The van der Waals surface area contributed by atoms with Crippen molar-refractivity contribution >= 4 is 18.0 Å². The quantitative estimate of drug-likeness (QED) is 0.476. The van der Waals surface area contributed by atoms with Gasteiger partial charge in [0.1, 0.15) is 0 Å². The van der Waals surface area contributed by atoms with Gasteiger partial charge in [-0.2, -0.15) is 0 Å². The van der Waals surface area contributed by atoms with Crippen LogP contribution < -0.4 is 16.0 Å². The van der Waals surface area contributed by atoms with Gasteiger partial charge in [-0.25, -0.2) is 9.59 Å². The number of nitrogens with one attached hydrogen (secondary N) is 3. The van der Waals surface area contributed by atoms with Crippen LogP contribution >= 0.6 is 0 Å². The summed E-state index contributed by atoms with van der Waals surface area (Å²) >= 11 is 0. The third-order valence-electron chi connectivity index (χ3n) is 2.38. The molecular formula is C11H22N4O4. The second-order valence-electron chi connectivity index (χ2n) is 4.34. The third-order valence-corrected chi connectivity index (χ3v) is 2.38. The van der Waals surface area contributed by atoms with Crippen LogP contribution in [-0.4, -0.2) is 61.8 Å². The van der Waals surface area contributed by atoms with Crippen LogP contribution in [0.2, 0.25) is 0 Å². The molecule has 0 spiro atoms. The molecule has 0 heterocycles. The minimum Gasteiger partial charge on any atom is -0.481 e. The maximum atomic E-state index is 11.3. The van der Waals surface area contributed by atoms with Crippen LogP contribution in [0.5, 0.6) is 0 Å². The first-order valence-corrected chi connectivity index (χ1v) is 6.04. The van der Waals surface area contributed by atoms with Crippen molar-refractivity contribution in [2.45, 2.75) is 13.3 Å². The van der Waals surface area contributed by atoms with Crippen molar-refractivity contribution < 1.29 is 19.5 Å². The molecule has 0 saturated carbocycles. The summed E-state index contributed by atoms with van der Waals surface area (Å²) in [4.78, 5) is 34.3. The van der Waals surface area contributed by atoms with Crippen molar-refractivity contribution in [3.8, 4) is 0 Å². The zero-order valence-electron chi connectivity index (χ0n) is 11.5. The Labute approximate surface area is 112 Å². The lowest BCUT2D eigenvalue weighted by atomic mass is 10.1. The number of carboxylic acids is 1. The lowest BCUT2D eigenvalue weighted by molar-refractivity contribution is -0.141. The van der Waals surface area contributed by atoms with Gasteiger partial charge in [-0.05, 0) is 6.42 Å². The zero-order chi connectivity index (χ0) is 14.8. The molecule has 8 nitrogen and oxygen atoms in total. The molecule has 4 N–H and O–H groups in total. The summed E-state index contributed by atoms with van der Waals surface area (Å²) in [5, 5.41) is 16.3. The molecule has 0 fully saturated rings. The third kappa shape index (κ3) is 8.70. The van der Waals surface area contributed by atoms with E-state index in [0.29, 0.717) is 26.1 Å². The highest BCUT2D eigenvalue weighted by Gasteiger charge is 2.10. The monoisotopic (exact) mass is 274 g/mol. The number of carboxylic acid groups (broad SMARTS) is 1. The molecule has 0 aliphatic rings. The van der Waals surface area contributed by atoms with Gasteiger partial charge in [0, 0.05) is 33.7 Å². The average Bonchev–Trinajstić information content (AvgIpc) is 2.33. The number of amides is 4. The maximum absolute atomic E-state index is 11.3. The molecule has 1 atom stereocenters. The van der Waals surface area contributed by atoms with Crippen LogP contribution in [0.1, 0.15) is 13.3 Å². The van der Waals surface area contributed by atoms with E-state index in [2.05, 4.69) is 16.0 Å². The molecule has 0 bridgehead atoms. The summed E-state index contributed by atoms with van der Waals surface area (Å²) < 4.78 is 0. The maximum Gasteiger partial charge on any atom is 0.316 e. The molecule has 0 aliphatic carbocycles. The first-order valence-electron chi connectivity index (χ1n) is 6.04. The second-order valence-corrected chi connectivity index (χ2v) is 4.34.